The molecule has 0 radical (unpaired) electrons. The van der Waals surface area contributed by atoms with Crippen LogP contribution in [0.25, 0.3) is 0 Å². The van der Waals surface area contributed by atoms with E-state index in [2.05, 4.69) is 15.9 Å². The van der Waals surface area contributed by atoms with Crippen LogP contribution in [-0.2, 0) is 52.1 Å². The molecule has 0 aliphatic rings. The molecule has 0 unspecified atom stereocenters. The van der Waals surface area contributed by atoms with E-state index in [0.717, 1.165) is 10.2 Å². The molecular weight excluding hydrogens is 648 g/mol. The predicted octanol–water partition coefficient (Wildman–Crippen LogP) is 2.00. The first kappa shape index (κ1) is 41.0. The summed E-state index contributed by atoms with van der Waals surface area (Å²) in [6, 6.07) is 7.69. The Balaban J connectivity index is 1.62. The lowest BCUT2D eigenvalue weighted by Gasteiger charge is -2.09. The van der Waals surface area contributed by atoms with Gasteiger partial charge in [0.1, 0.15) is 12.4 Å². The summed E-state index contributed by atoms with van der Waals surface area (Å²) in [7, 11) is 0. The zero-order valence-corrected chi connectivity index (χ0v) is 27.6. The van der Waals surface area contributed by atoms with Crippen LogP contribution in [0.4, 0.5) is 0 Å². The van der Waals surface area contributed by atoms with E-state index in [1.54, 1.807) is 0 Å². The molecule has 13 nitrogen and oxygen atoms in total. The van der Waals surface area contributed by atoms with Crippen molar-refractivity contribution >= 4 is 15.9 Å². The number of aliphatic hydroxyl groups is 1. The van der Waals surface area contributed by atoms with Crippen LogP contribution in [0.15, 0.2) is 28.7 Å². The van der Waals surface area contributed by atoms with Crippen LogP contribution >= 0.6 is 15.9 Å². The van der Waals surface area contributed by atoms with Gasteiger partial charge in [0.2, 0.25) is 0 Å². The Bertz CT molecular complexity index is 687. The molecule has 1 aromatic rings. The highest BCUT2D eigenvalue weighted by Crippen LogP contribution is 2.15. The summed E-state index contributed by atoms with van der Waals surface area (Å²) in [4.78, 5) is 0. The number of hydrogen-bond acceptors (Lipinski definition) is 13. The van der Waals surface area contributed by atoms with E-state index in [-0.39, 0.29) is 6.61 Å². The van der Waals surface area contributed by atoms with Gasteiger partial charge in [0.15, 0.2) is 0 Å². The van der Waals surface area contributed by atoms with Crippen molar-refractivity contribution in [3.63, 3.8) is 0 Å². The monoisotopic (exact) mass is 700 g/mol. The molecule has 44 heavy (non-hydrogen) atoms. The fraction of sp³-hybridized carbons (Fsp3) is 0.800. The zero-order chi connectivity index (χ0) is 31.4. The Morgan fingerprint density at radius 1 is 0.341 bits per heavy atom. The SMILES string of the molecule is OCCOCCOCCOCCOCCOCCOCCOCCOCCOCCOCCOCCOc1ccc(Br)cc1. The Hall–Kier alpha value is -0.980. The lowest BCUT2D eigenvalue weighted by Crippen LogP contribution is -2.15. The van der Waals surface area contributed by atoms with Crippen molar-refractivity contribution in [2.45, 2.75) is 0 Å². The molecule has 0 atom stereocenters. The van der Waals surface area contributed by atoms with E-state index in [4.69, 9.17) is 61.9 Å². The summed E-state index contributed by atoms with van der Waals surface area (Å²) in [6.45, 7) is 11.5. The van der Waals surface area contributed by atoms with E-state index >= 15 is 0 Å². The molecule has 0 aliphatic carbocycles. The van der Waals surface area contributed by atoms with E-state index < -0.39 is 0 Å². The molecule has 0 amide bonds. The van der Waals surface area contributed by atoms with Gasteiger partial charge < -0.3 is 61.9 Å². The standard InChI is InChI=1S/C30H53BrO13/c31-29-1-3-30(4-2-29)44-28-27-43-26-25-42-24-23-41-22-21-40-20-19-39-18-17-38-16-15-37-14-13-36-12-11-35-10-9-34-8-7-33-6-5-32/h1-4,32H,5-28H2. The van der Waals surface area contributed by atoms with Crippen molar-refractivity contribution in [2.75, 3.05) is 159 Å². The Morgan fingerprint density at radius 2 is 0.568 bits per heavy atom. The molecule has 0 spiro atoms. The van der Waals surface area contributed by atoms with Gasteiger partial charge in [-0.3, -0.25) is 0 Å². The van der Waals surface area contributed by atoms with E-state index in [0.29, 0.717) is 152 Å². The number of rotatable bonds is 36. The summed E-state index contributed by atoms with van der Waals surface area (Å²) < 4.78 is 66.1. The highest BCUT2D eigenvalue weighted by atomic mass is 79.9. The van der Waals surface area contributed by atoms with E-state index in [1.807, 2.05) is 24.3 Å². The maximum Gasteiger partial charge on any atom is 0.119 e. The molecule has 0 saturated carbocycles. The summed E-state index contributed by atoms with van der Waals surface area (Å²) in [5.41, 5.74) is 0. The maximum absolute atomic E-state index is 8.57. The molecular formula is C30H53BrO13. The third-order valence-corrected chi connectivity index (χ3v) is 5.79. The Kier molecular flexibility index (Phi) is 32.5. The predicted molar refractivity (Wildman–Crippen MR) is 166 cm³/mol. The van der Waals surface area contributed by atoms with Crippen LogP contribution in [-0.4, -0.2) is 164 Å². The van der Waals surface area contributed by atoms with Crippen molar-refractivity contribution in [2.24, 2.45) is 0 Å². The maximum atomic E-state index is 8.57. The Labute approximate surface area is 270 Å². The summed E-state index contributed by atoms with van der Waals surface area (Å²) >= 11 is 3.39. The molecule has 0 aromatic heterocycles. The average molecular weight is 702 g/mol. The lowest BCUT2D eigenvalue weighted by atomic mass is 10.3. The molecule has 258 valence electrons. The van der Waals surface area contributed by atoms with E-state index in [1.165, 1.54) is 0 Å². The topological polar surface area (TPSA) is 131 Å². The minimum absolute atomic E-state index is 0.0249. The minimum Gasteiger partial charge on any atom is -0.491 e. The van der Waals surface area contributed by atoms with Crippen LogP contribution in [0.2, 0.25) is 0 Å². The fourth-order valence-electron chi connectivity index (χ4n) is 3.12. The van der Waals surface area contributed by atoms with Gasteiger partial charge in [-0.15, -0.1) is 0 Å². The van der Waals surface area contributed by atoms with Crippen molar-refractivity contribution in [1.82, 2.24) is 0 Å². The first-order valence-electron chi connectivity index (χ1n) is 15.2. The number of aliphatic hydroxyl groups excluding tert-OH is 1. The van der Waals surface area contributed by atoms with Crippen LogP contribution in [0.1, 0.15) is 0 Å². The lowest BCUT2D eigenvalue weighted by molar-refractivity contribution is -0.0280. The van der Waals surface area contributed by atoms with Gasteiger partial charge in [0.05, 0.1) is 152 Å². The summed E-state index contributed by atoms with van der Waals surface area (Å²) in [5, 5.41) is 8.57. The summed E-state index contributed by atoms with van der Waals surface area (Å²) in [6.07, 6.45) is 0. The average Bonchev–Trinajstić information content (AvgIpc) is 3.03. The quantitative estimate of drug-likeness (QED) is 0.103. The highest BCUT2D eigenvalue weighted by molar-refractivity contribution is 9.10. The highest BCUT2D eigenvalue weighted by Gasteiger charge is 1.97. The molecule has 0 saturated heterocycles. The molecule has 0 fully saturated rings. The Morgan fingerprint density at radius 3 is 0.818 bits per heavy atom. The molecule has 0 aliphatic heterocycles. The first-order valence-corrected chi connectivity index (χ1v) is 16.0. The van der Waals surface area contributed by atoms with Gasteiger partial charge in [-0.05, 0) is 24.3 Å². The third-order valence-electron chi connectivity index (χ3n) is 5.27. The van der Waals surface area contributed by atoms with Crippen molar-refractivity contribution in [3.05, 3.63) is 28.7 Å². The van der Waals surface area contributed by atoms with Gasteiger partial charge >= 0.3 is 0 Å². The molecule has 1 aromatic carbocycles. The van der Waals surface area contributed by atoms with Crippen LogP contribution in [0.3, 0.4) is 0 Å². The second kappa shape index (κ2) is 34.9. The minimum atomic E-state index is 0.0249. The summed E-state index contributed by atoms with van der Waals surface area (Å²) in [5.74, 6) is 0.820. The molecule has 0 heterocycles. The molecule has 1 rings (SSSR count). The first-order chi connectivity index (χ1) is 21.8. The number of ether oxygens (including phenoxy) is 12. The van der Waals surface area contributed by atoms with Gasteiger partial charge in [0.25, 0.3) is 0 Å². The number of hydrogen-bond donors (Lipinski definition) is 1. The molecule has 1 N–H and O–H groups in total. The zero-order valence-electron chi connectivity index (χ0n) is 26.0. The van der Waals surface area contributed by atoms with Crippen molar-refractivity contribution in [3.8, 4) is 5.75 Å². The molecule has 0 bridgehead atoms. The van der Waals surface area contributed by atoms with Crippen molar-refractivity contribution in [1.29, 1.82) is 0 Å². The van der Waals surface area contributed by atoms with Gasteiger partial charge in [-0.2, -0.15) is 0 Å². The number of benzene rings is 1. The van der Waals surface area contributed by atoms with Gasteiger partial charge in [-0.25, -0.2) is 0 Å². The normalized spacial score (nSPS) is 11.4. The van der Waals surface area contributed by atoms with Gasteiger partial charge in [0, 0.05) is 4.47 Å². The van der Waals surface area contributed by atoms with Crippen molar-refractivity contribution < 1.29 is 61.9 Å². The fourth-order valence-corrected chi connectivity index (χ4v) is 3.38. The largest absolute Gasteiger partial charge is 0.491 e. The van der Waals surface area contributed by atoms with E-state index in [9.17, 15) is 0 Å². The van der Waals surface area contributed by atoms with Crippen LogP contribution in [0.5, 0.6) is 5.75 Å². The second-order valence-corrected chi connectivity index (χ2v) is 9.68. The molecule has 14 heteroatoms. The van der Waals surface area contributed by atoms with Crippen LogP contribution in [0, 0.1) is 0 Å². The van der Waals surface area contributed by atoms with Crippen LogP contribution < -0.4 is 4.74 Å². The van der Waals surface area contributed by atoms with Gasteiger partial charge in [-0.1, -0.05) is 15.9 Å². The third kappa shape index (κ3) is 31.0. The smallest absolute Gasteiger partial charge is 0.119 e. The second-order valence-electron chi connectivity index (χ2n) is 8.76. The number of halogens is 1.